The maximum atomic E-state index is 13.3. The Hall–Kier alpha value is -3.21. The van der Waals surface area contributed by atoms with Gasteiger partial charge in [0.15, 0.2) is 11.5 Å². The van der Waals surface area contributed by atoms with Gasteiger partial charge < -0.3 is 18.9 Å². The highest BCUT2D eigenvalue weighted by atomic mass is 16.6. The molecule has 3 aromatic rings. The largest absolute Gasteiger partial charge is 0.486 e. The van der Waals surface area contributed by atoms with Crippen molar-refractivity contribution in [3.63, 3.8) is 0 Å². The van der Waals surface area contributed by atoms with E-state index in [2.05, 4.69) is 6.07 Å². The fourth-order valence-corrected chi connectivity index (χ4v) is 4.10. The van der Waals surface area contributed by atoms with Crippen LogP contribution in [0.4, 0.5) is 0 Å². The molecule has 1 aromatic heterocycles. The number of fused-ring (bicyclic) bond motifs is 1. The summed E-state index contributed by atoms with van der Waals surface area (Å²) in [5.74, 6) is 1.63. The van der Waals surface area contributed by atoms with E-state index in [0.717, 1.165) is 47.7 Å². The van der Waals surface area contributed by atoms with Gasteiger partial charge in [-0.2, -0.15) is 0 Å². The number of amides is 1. The van der Waals surface area contributed by atoms with Crippen LogP contribution in [0.5, 0.6) is 11.5 Å². The third kappa shape index (κ3) is 3.03. The molecule has 1 fully saturated rings. The van der Waals surface area contributed by atoms with E-state index in [4.69, 9.17) is 9.47 Å². The minimum Gasteiger partial charge on any atom is -0.486 e. The molecule has 0 aliphatic carbocycles. The van der Waals surface area contributed by atoms with Crippen molar-refractivity contribution in [2.45, 2.75) is 18.9 Å². The van der Waals surface area contributed by atoms with E-state index in [1.165, 1.54) is 0 Å². The number of rotatable bonds is 3. The summed E-state index contributed by atoms with van der Waals surface area (Å²) >= 11 is 0. The van der Waals surface area contributed by atoms with Crippen molar-refractivity contribution in [1.82, 2.24) is 9.47 Å². The first-order valence-electron chi connectivity index (χ1n) is 9.73. The van der Waals surface area contributed by atoms with Crippen molar-refractivity contribution in [2.75, 3.05) is 19.8 Å². The Morgan fingerprint density at radius 3 is 2.61 bits per heavy atom. The minimum absolute atomic E-state index is 0.0681. The molecule has 0 N–H and O–H groups in total. The maximum absolute atomic E-state index is 13.3. The summed E-state index contributed by atoms with van der Waals surface area (Å²) < 4.78 is 13.4. The zero-order valence-electron chi connectivity index (χ0n) is 15.6. The molecule has 0 saturated carbocycles. The highest BCUT2D eigenvalue weighted by Crippen LogP contribution is 2.38. The molecule has 5 nitrogen and oxygen atoms in total. The third-order valence-corrected chi connectivity index (χ3v) is 5.46. The molecule has 1 amide bonds. The lowest BCUT2D eigenvalue weighted by Gasteiger charge is -2.27. The molecule has 3 heterocycles. The molecule has 1 saturated heterocycles. The van der Waals surface area contributed by atoms with Crippen LogP contribution in [-0.2, 0) is 0 Å². The summed E-state index contributed by atoms with van der Waals surface area (Å²) in [6.07, 6.45) is 5.93. The van der Waals surface area contributed by atoms with E-state index in [1.807, 2.05) is 70.4 Å². The summed E-state index contributed by atoms with van der Waals surface area (Å²) in [5, 5.41) is 0. The van der Waals surface area contributed by atoms with Gasteiger partial charge in [-0.1, -0.05) is 12.1 Å². The lowest BCUT2D eigenvalue weighted by atomic mass is 10.0. The Morgan fingerprint density at radius 1 is 0.929 bits per heavy atom. The fourth-order valence-electron chi connectivity index (χ4n) is 4.10. The van der Waals surface area contributed by atoms with Gasteiger partial charge in [-0.05, 0) is 60.9 Å². The van der Waals surface area contributed by atoms with Gasteiger partial charge in [-0.3, -0.25) is 4.79 Å². The monoisotopic (exact) mass is 374 g/mol. The number of aromatic nitrogens is 1. The van der Waals surface area contributed by atoms with Crippen LogP contribution in [0.1, 0.15) is 34.8 Å². The van der Waals surface area contributed by atoms with E-state index < -0.39 is 0 Å². The second-order valence-corrected chi connectivity index (χ2v) is 7.20. The van der Waals surface area contributed by atoms with Gasteiger partial charge in [0, 0.05) is 30.2 Å². The Kier molecular flexibility index (Phi) is 4.28. The maximum Gasteiger partial charge on any atom is 0.254 e. The first-order chi connectivity index (χ1) is 13.8. The van der Waals surface area contributed by atoms with E-state index in [0.29, 0.717) is 13.2 Å². The quantitative estimate of drug-likeness (QED) is 0.689. The number of hydrogen-bond acceptors (Lipinski definition) is 3. The lowest BCUT2D eigenvalue weighted by molar-refractivity contribution is 0.0735. The summed E-state index contributed by atoms with van der Waals surface area (Å²) in [4.78, 5) is 15.3. The van der Waals surface area contributed by atoms with E-state index in [9.17, 15) is 4.79 Å². The Bertz CT molecular complexity index is 997. The predicted octanol–water partition coefficient (Wildman–Crippen LogP) is 4.23. The summed E-state index contributed by atoms with van der Waals surface area (Å²) in [6, 6.07) is 17.9. The van der Waals surface area contributed by atoms with E-state index in [1.54, 1.807) is 0 Å². The van der Waals surface area contributed by atoms with Gasteiger partial charge in [0.05, 0.1) is 6.04 Å². The van der Waals surface area contributed by atoms with Crippen LogP contribution in [0.25, 0.3) is 5.69 Å². The zero-order chi connectivity index (χ0) is 18.9. The first-order valence-corrected chi connectivity index (χ1v) is 9.73. The zero-order valence-corrected chi connectivity index (χ0v) is 15.6. The second kappa shape index (κ2) is 7.08. The standard InChI is InChI=1S/C23H22N2O3/c26-23(18-5-3-6-19(15-18)24-10-1-2-11-24)25-12-4-7-20(25)17-8-9-21-22(16-17)28-14-13-27-21/h1-3,5-6,8-11,15-16,20H,4,7,12-14H2. The van der Waals surface area contributed by atoms with Crippen LogP contribution in [-0.4, -0.2) is 35.1 Å². The molecule has 0 bridgehead atoms. The Morgan fingerprint density at radius 2 is 1.75 bits per heavy atom. The van der Waals surface area contributed by atoms with Crippen LogP contribution in [0.15, 0.2) is 67.0 Å². The number of likely N-dealkylation sites (tertiary alicyclic amines) is 1. The number of nitrogens with zero attached hydrogens (tertiary/aromatic N) is 2. The average molecular weight is 374 g/mol. The molecule has 5 heteroatoms. The second-order valence-electron chi connectivity index (χ2n) is 7.20. The molecule has 2 aromatic carbocycles. The van der Waals surface area contributed by atoms with Crippen molar-refractivity contribution < 1.29 is 14.3 Å². The van der Waals surface area contributed by atoms with Crippen LogP contribution >= 0.6 is 0 Å². The number of carbonyl (C=O) groups excluding carboxylic acids is 1. The molecule has 142 valence electrons. The first kappa shape index (κ1) is 16.9. The van der Waals surface area contributed by atoms with Gasteiger partial charge in [0.25, 0.3) is 5.91 Å². The van der Waals surface area contributed by atoms with Crippen molar-refractivity contribution in [3.8, 4) is 17.2 Å². The van der Waals surface area contributed by atoms with Gasteiger partial charge in [-0.15, -0.1) is 0 Å². The molecule has 1 unspecified atom stereocenters. The fraction of sp³-hybridized carbons (Fsp3) is 0.261. The van der Waals surface area contributed by atoms with Crippen LogP contribution in [0.2, 0.25) is 0 Å². The van der Waals surface area contributed by atoms with Crippen molar-refractivity contribution in [1.29, 1.82) is 0 Å². The third-order valence-electron chi connectivity index (χ3n) is 5.46. The number of carbonyl (C=O) groups is 1. The van der Waals surface area contributed by atoms with Crippen LogP contribution < -0.4 is 9.47 Å². The molecule has 5 rings (SSSR count). The number of hydrogen-bond donors (Lipinski definition) is 0. The molecule has 28 heavy (non-hydrogen) atoms. The molecule has 0 radical (unpaired) electrons. The SMILES string of the molecule is O=C(c1cccc(-n2cccc2)c1)N1CCCC1c1ccc2c(c1)OCCO2. The average Bonchev–Trinajstić information content (AvgIpc) is 3.45. The van der Waals surface area contributed by atoms with E-state index >= 15 is 0 Å². The van der Waals surface area contributed by atoms with Crippen LogP contribution in [0.3, 0.4) is 0 Å². The normalized spacial score (nSPS) is 18.3. The van der Waals surface area contributed by atoms with Gasteiger partial charge in [0.2, 0.25) is 0 Å². The van der Waals surface area contributed by atoms with Crippen molar-refractivity contribution >= 4 is 5.91 Å². The molecule has 2 aliphatic heterocycles. The minimum atomic E-state index is 0.0681. The smallest absolute Gasteiger partial charge is 0.254 e. The van der Waals surface area contributed by atoms with Gasteiger partial charge in [0.1, 0.15) is 13.2 Å². The highest BCUT2D eigenvalue weighted by molar-refractivity contribution is 5.95. The molecule has 2 aliphatic rings. The van der Waals surface area contributed by atoms with Gasteiger partial charge in [-0.25, -0.2) is 0 Å². The Labute approximate surface area is 164 Å². The van der Waals surface area contributed by atoms with Crippen LogP contribution in [0, 0.1) is 0 Å². The summed E-state index contributed by atoms with van der Waals surface area (Å²) in [7, 11) is 0. The predicted molar refractivity (Wildman–Crippen MR) is 106 cm³/mol. The summed E-state index contributed by atoms with van der Waals surface area (Å²) in [5.41, 5.74) is 2.82. The number of ether oxygens (including phenoxy) is 2. The molecular formula is C23H22N2O3. The molecule has 1 atom stereocenters. The topological polar surface area (TPSA) is 43.7 Å². The highest BCUT2D eigenvalue weighted by Gasteiger charge is 2.31. The molecular weight excluding hydrogens is 352 g/mol. The Balaban J connectivity index is 1.42. The van der Waals surface area contributed by atoms with E-state index in [-0.39, 0.29) is 11.9 Å². The van der Waals surface area contributed by atoms with Gasteiger partial charge >= 0.3 is 0 Å². The van der Waals surface area contributed by atoms with Crippen molar-refractivity contribution in [2.24, 2.45) is 0 Å². The summed E-state index contributed by atoms with van der Waals surface area (Å²) in [6.45, 7) is 1.92. The van der Waals surface area contributed by atoms with Crippen molar-refractivity contribution in [3.05, 3.63) is 78.1 Å². The lowest BCUT2D eigenvalue weighted by Crippen LogP contribution is -2.30. The molecule has 0 spiro atoms. The number of benzene rings is 2.